The molecule has 9 heteroatoms. The third-order valence-electron chi connectivity index (χ3n) is 5.47. The molecule has 0 N–H and O–H groups in total. The predicted molar refractivity (Wildman–Crippen MR) is 120 cm³/mol. The van der Waals surface area contributed by atoms with Gasteiger partial charge in [0.15, 0.2) is 0 Å². The maximum absolute atomic E-state index is 13.8. The molecule has 0 saturated heterocycles. The Hall–Kier alpha value is -3.38. The summed E-state index contributed by atoms with van der Waals surface area (Å²) < 4.78 is 82.8. The second-order valence-corrected chi connectivity index (χ2v) is 10.8. The van der Waals surface area contributed by atoms with Gasteiger partial charge in [-0.25, -0.2) is 0 Å². The first-order valence-corrected chi connectivity index (χ1v) is 11.7. The van der Waals surface area contributed by atoms with Crippen LogP contribution >= 0.6 is 6.89 Å². The van der Waals surface area contributed by atoms with Crippen LogP contribution in [0.4, 0.5) is 26.3 Å². The van der Waals surface area contributed by atoms with Crippen molar-refractivity contribution in [1.82, 2.24) is 0 Å². The minimum absolute atomic E-state index is 0.286. The van der Waals surface area contributed by atoms with E-state index in [0.29, 0.717) is 0 Å². The van der Waals surface area contributed by atoms with Crippen molar-refractivity contribution >= 4 is 22.8 Å². The average Bonchev–Trinajstić information content (AvgIpc) is 3.08. The van der Waals surface area contributed by atoms with Gasteiger partial charge in [-0.3, -0.25) is 9.59 Å². The smallest absolute Gasteiger partial charge is 0.288 e. The molecule has 0 heterocycles. The summed E-state index contributed by atoms with van der Waals surface area (Å²) in [6.45, 7) is -3.75. The summed E-state index contributed by atoms with van der Waals surface area (Å²) in [5.41, 5.74) is -8.80. The van der Waals surface area contributed by atoms with E-state index in [1.54, 1.807) is 54.6 Å². The normalized spacial score (nSPS) is 12.6. The molecule has 174 valence electrons. The lowest BCUT2D eigenvalue weighted by Crippen LogP contribution is -2.30. The van der Waals surface area contributed by atoms with Crippen LogP contribution in [0.15, 0.2) is 101 Å². The van der Waals surface area contributed by atoms with Crippen LogP contribution in [0.3, 0.4) is 0 Å². The van der Waals surface area contributed by atoms with Gasteiger partial charge in [0.25, 0.3) is 0 Å². The van der Waals surface area contributed by atoms with Crippen molar-refractivity contribution in [2.45, 2.75) is 12.4 Å². The van der Waals surface area contributed by atoms with E-state index in [-0.39, 0.29) is 15.9 Å². The highest BCUT2D eigenvalue weighted by Gasteiger charge is 2.50. The lowest BCUT2D eigenvalue weighted by molar-refractivity contribution is -0.162. The number of hydrogen-bond acceptors (Lipinski definition) is 2. The van der Waals surface area contributed by atoms with Crippen molar-refractivity contribution in [2.75, 3.05) is 0 Å². The summed E-state index contributed by atoms with van der Waals surface area (Å²) in [5, 5.41) is 0.858. The van der Waals surface area contributed by atoms with Crippen LogP contribution < -0.4 is 26.8 Å². The molecule has 34 heavy (non-hydrogen) atoms. The molecule has 0 aliphatic carbocycles. The zero-order valence-electron chi connectivity index (χ0n) is 17.2. The lowest BCUT2D eigenvalue weighted by Gasteiger charge is -2.27. The summed E-state index contributed by atoms with van der Waals surface area (Å²) in [7, 11) is 0. The van der Waals surface area contributed by atoms with E-state index in [4.69, 9.17) is 0 Å². The average molecular weight is 492 g/mol. The van der Waals surface area contributed by atoms with Crippen LogP contribution in [-0.4, -0.2) is 0 Å². The standard InChI is InChI=1S/C25H15F6O2P/c26-24(27,28)19-20(25(29,30)31)22(33)23(21(19)32)34(16-10-4-1-5-11-16,17-12-6-2-7-13-17)18-14-8-3-9-15-18/h1-15H. The number of benzene rings is 3. The van der Waals surface area contributed by atoms with Gasteiger partial charge in [0.1, 0.15) is 11.1 Å². The molecule has 0 bridgehead atoms. The molecule has 0 amide bonds. The molecule has 0 fully saturated rings. The summed E-state index contributed by atoms with van der Waals surface area (Å²) in [6.07, 6.45) is -11.3. The van der Waals surface area contributed by atoms with Gasteiger partial charge in [-0.15, -0.1) is 0 Å². The molecule has 0 atom stereocenters. The van der Waals surface area contributed by atoms with Crippen LogP contribution in [0, 0.1) is 4.94 Å². The Balaban J connectivity index is 2.50. The van der Waals surface area contributed by atoms with Gasteiger partial charge in [0.05, 0.1) is 4.94 Å². The summed E-state index contributed by atoms with van der Waals surface area (Å²) >= 11 is 0. The maximum atomic E-state index is 13.8. The molecule has 0 aromatic heterocycles. The third kappa shape index (κ3) is 3.72. The number of alkyl halides is 6. The molecule has 0 unspecified atom stereocenters. The SMILES string of the molecule is O=c1c(C(F)(F)F)c(C(F)(F)F)c(=O)c1=P(c1ccccc1)(c1ccccc1)c1ccccc1. The van der Waals surface area contributed by atoms with Gasteiger partial charge in [0, 0.05) is 0 Å². The van der Waals surface area contributed by atoms with Crippen LogP contribution in [-0.2, 0) is 12.4 Å². The minimum Gasteiger partial charge on any atom is -0.288 e. The molecule has 0 saturated carbocycles. The summed E-state index contributed by atoms with van der Waals surface area (Å²) in [4.78, 5) is 25.6. The maximum Gasteiger partial charge on any atom is 0.420 e. The van der Waals surface area contributed by atoms with Gasteiger partial charge in [-0.1, -0.05) is 91.0 Å². The van der Waals surface area contributed by atoms with Gasteiger partial charge >= 0.3 is 12.4 Å². The van der Waals surface area contributed by atoms with Crippen LogP contribution in [0.2, 0.25) is 0 Å². The molecule has 0 aliphatic heterocycles. The molecule has 2 nitrogen and oxygen atoms in total. The molecule has 0 aliphatic rings. The van der Waals surface area contributed by atoms with Crippen molar-refractivity contribution in [1.29, 1.82) is 0 Å². The van der Waals surface area contributed by atoms with Crippen molar-refractivity contribution in [3.63, 3.8) is 0 Å². The van der Waals surface area contributed by atoms with E-state index in [1.807, 2.05) is 0 Å². The van der Waals surface area contributed by atoms with Crippen molar-refractivity contribution < 1.29 is 26.3 Å². The van der Waals surface area contributed by atoms with Crippen LogP contribution in [0.25, 0.3) is 0 Å². The monoisotopic (exact) mass is 492 g/mol. The van der Waals surface area contributed by atoms with Crippen molar-refractivity contribution in [3.05, 3.63) is 128 Å². The van der Waals surface area contributed by atoms with E-state index in [1.165, 1.54) is 36.4 Å². The fourth-order valence-electron chi connectivity index (χ4n) is 4.20. The van der Waals surface area contributed by atoms with Crippen molar-refractivity contribution in [2.24, 2.45) is 0 Å². The zero-order valence-corrected chi connectivity index (χ0v) is 18.1. The highest BCUT2D eigenvalue weighted by atomic mass is 31.2. The van der Waals surface area contributed by atoms with E-state index in [2.05, 4.69) is 0 Å². The highest BCUT2D eigenvalue weighted by Crippen LogP contribution is 2.47. The van der Waals surface area contributed by atoms with Gasteiger partial charge < -0.3 is 0 Å². The second-order valence-electron chi connectivity index (χ2n) is 7.43. The molecule has 4 aromatic rings. The Morgan fingerprint density at radius 1 is 0.471 bits per heavy atom. The zero-order chi connectivity index (χ0) is 24.7. The Bertz CT molecular complexity index is 1350. The quantitative estimate of drug-likeness (QED) is 0.303. The Morgan fingerprint density at radius 2 is 0.735 bits per heavy atom. The first-order chi connectivity index (χ1) is 16.0. The highest BCUT2D eigenvalue weighted by molar-refractivity contribution is 7.89. The lowest BCUT2D eigenvalue weighted by atomic mass is 10.2. The van der Waals surface area contributed by atoms with Gasteiger partial charge in [0.2, 0.25) is 10.9 Å². The fourth-order valence-corrected chi connectivity index (χ4v) is 8.56. The van der Waals surface area contributed by atoms with Gasteiger partial charge in [-0.2, -0.15) is 26.3 Å². The second kappa shape index (κ2) is 8.44. The fraction of sp³-hybridized carbons (Fsp3) is 0.0800. The van der Waals surface area contributed by atoms with E-state index in [9.17, 15) is 35.9 Å². The van der Waals surface area contributed by atoms with E-state index >= 15 is 0 Å². The topological polar surface area (TPSA) is 34.1 Å². The Kier molecular flexibility index (Phi) is 5.90. The number of rotatable bonds is 3. The van der Waals surface area contributed by atoms with E-state index < -0.39 is 46.2 Å². The van der Waals surface area contributed by atoms with E-state index in [0.717, 1.165) is 0 Å². The minimum atomic E-state index is -5.67. The van der Waals surface area contributed by atoms with Crippen molar-refractivity contribution in [3.8, 4) is 0 Å². The molecule has 4 rings (SSSR count). The molecule has 0 radical (unpaired) electrons. The molecule has 0 spiro atoms. The summed E-state index contributed by atoms with van der Waals surface area (Å²) in [5.74, 6) is 0. The molecular formula is C25H15F6O2P. The van der Waals surface area contributed by atoms with Crippen LogP contribution in [0.5, 0.6) is 0 Å². The molecule has 4 aromatic carbocycles. The molecular weight excluding hydrogens is 477 g/mol. The predicted octanol–water partition coefficient (Wildman–Crippen LogP) is 4.85. The van der Waals surface area contributed by atoms with Gasteiger partial charge in [-0.05, 0) is 22.8 Å². The number of hydrogen-bond donors (Lipinski definition) is 0. The first kappa shape index (κ1) is 23.8. The largest absolute Gasteiger partial charge is 0.420 e. The third-order valence-corrected chi connectivity index (χ3v) is 9.76. The number of halogens is 6. The first-order valence-electron chi connectivity index (χ1n) is 9.92. The Morgan fingerprint density at radius 3 is 0.971 bits per heavy atom. The van der Waals surface area contributed by atoms with Crippen LogP contribution in [0.1, 0.15) is 11.1 Å². The summed E-state index contributed by atoms with van der Waals surface area (Å²) in [6, 6.07) is 23.3. The Labute approximate surface area is 189 Å².